The van der Waals surface area contributed by atoms with Crippen molar-refractivity contribution < 1.29 is 19.1 Å². The number of cyclic esters (lactones) is 1. The number of esters is 1. The smallest absolute Gasteiger partial charge is 0.344 e. The maximum absolute atomic E-state index is 13.3. The fourth-order valence-corrected chi connectivity index (χ4v) is 4.69. The van der Waals surface area contributed by atoms with Crippen LogP contribution in [0.3, 0.4) is 0 Å². The summed E-state index contributed by atoms with van der Waals surface area (Å²) in [4.78, 5) is 30.4. The highest BCUT2D eigenvalue weighted by Gasteiger charge is 2.38. The van der Waals surface area contributed by atoms with Crippen LogP contribution in [-0.4, -0.2) is 37.9 Å². The summed E-state index contributed by atoms with van der Waals surface area (Å²) in [5, 5.41) is 0. The highest BCUT2D eigenvalue weighted by molar-refractivity contribution is 6.18. The molecule has 6 heteroatoms. The lowest BCUT2D eigenvalue weighted by molar-refractivity contribution is 0.0710. The summed E-state index contributed by atoms with van der Waals surface area (Å²) in [6.07, 6.45) is 4.11. The van der Waals surface area contributed by atoms with Crippen molar-refractivity contribution >= 4 is 28.9 Å². The van der Waals surface area contributed by atoms with Crippen molar-refractivity contribution in [1.29, 1.82) is 0 Å². The first-order chi connectivity index (χ1) is 16.5. The standard InChI is InChI=1S/C28H34N2O4/c1-5-13-29(14-6-2)19-9-11-21-23(17-19)26(34-28(21)32)27-25(31)22-12-10-20(18-24(22)33-27)30(15-7-3)16-8-4/h9-12,17-18H,5-8,13-16H2,1-4H3. The summed E-state index contributed by atoms with van der Waals surface area (Å²) in [5.74, 6) is 0.121. The van der Waals surface area contributed by atoms with E-state index in [0.29, 0.717) is 22.4 Å². The van der Waals surface area contributed by atoms with Crippen molar-refractivity contribution in [2.75, 3.05) is 36.0 Å². The zero-order chi connectivity index (χ0) is 24.2. The van der Waals surface area contributed by atoms with Gasteiger partial charge in [0.05, 0.1) is 11.1 Å². The second kappa shape index (κ2) is 10.3. The Labute approximate surface area is 202 Å². The number of rotatable bonds is 10. The van der Waals surface area contributed by atoms with E-state index in [1.165, 1.54) is 0 Å². The van der Waals surface area contributed by atoms with Gasteiger partial charge in [-0.1, -0.05) is 27.7 Å². The fraction of sp³-hybridized carbons (Fsp3) is 0.429. The van der Waals surface area contributed by atoms with Gasteiger partial charge in [0.25, 0.3) is 0 Å². The molecular formula is C28H34N2O4. The quantitative estimate of drug-likeness (QED) is 0.316. The number of nitrogens with zero attached hydrogens (tertiary/aromatic N) is 2. The molecule has 6 nitrogen and oxygen atoms in total. The van der Waals surface area contributed by atoms with Crippen LogP contribution in [0.2, 0.25) is 0 Å². The minimum absolute atomic E-state index is 0.0893. The number of fused-ring (bicyclic) bond motifs is 2. The first-order valence-electron chi connectivity index (χ1n) is 12.5. The zero-order valence-electron chi connectivity index (χ0n) is 20.6. The van der Waals surface area contributed by atoms with Crippen LogP contribution < -0.4 is 14.5 Å². The second-order valence-electron chi connectivity index (χ2n) is 8.86. The van der Waals surface area contributed by atoms with Crippen molar-refractivity contribution in [3.63, 3.8) is 0 Å². The number of benzene rings is 2. The first kappa shape index (κ1) is 23.9. The number of anilines is 2. The fourth-order valence-electron chi connectivity index (χ4n) is 4.69. The summed E-state index contributed by atoms with van der Waals surface area (Å²) < 4.78 is 11.7. The molecule has 2 aliphatic rings. The maximum Gasteiger partial charge on any atom is 0.344 e. The molecule has 2 aromatic carbocycles. The molecule has 0 saturated heterocycles. The Balaban J connectivity index is 1.71. The number of ketones is 1. The predicted molar refractivity (Wildman–Crippen MR) is 136 cm³/mol. The highest BCUT2D eigenvalue weighted by Crippen LogP contribution is 2.41. The molecule has 0 aliphatic carbocycles. The van der Waals surface area contributed by atoms with Gasteiger partial charge in [0.1, 0.15) is 5.75 Å². The van der Waals surface area contributed by atoms with E-state index < -0.39 is 5.97 Å². The molecule has 0 aromatic heterocycles. The van der Waals surface area contributed by atoms with Gasteiger partial charge in [-0.2, -0.15) is 0 Å². The van der Waals surface area contributed by atoms with E-state index in [2.05, 4.69) is 37.5 Å². The molecule has 0 saturated carbocycles. The summed E-state index contributed by atoms with van der Waals surface area (Å²) in [5.41, 5.74) is 3.62. The van der Waals surface area contributed by atoms with E-state index >= 15 is 0 Å². The molecule has 0 spiro atoms. The third-order valence-electron chi connectivity index (χ3n) is 6.20. The zero-order valence-corrected chi connectivity index (χ0v) is 20.6. The van der Waals surface area contributed by atoms with E-state index in [4.69, 9.17) is 9.47 Å². The van der Waals surface area contributed by atoms with Crippen molar-refractivity contribution in [1.82, 2.24) is 0 Å². The van der Waals surface area contributed by atoms with Crippen LogP contribution in [0, 0.1) is 0 Å². The van der Waals surface area contributed by atoms with E-state index in [1.54, 1.807) is 6.07 Å². The van der Waals surface area contributed by atoms with E-state index in [0.717, 1.165) is 63.2 Å². The van der Waals surface area contributed by atoms with Crippen LogP contribution in [0.4, 0.5) is 11.4 Å². The number of hydrogen-bond donors (Lipinski definition) is 0. The molecule has 0 amide bonds. The normalized spacial score (nSPS) is 16.2. The molecule has 2 aromatic rings. The van der Waals surface area contributed by atoms with Crippen molar-refractivity contribution in [3.8, 4) is 5.75 Å². The highest BCUT2D eigenvalue weighted by atomic mass is 16.6. The van der Waals surface area contributed by atoms with Crippen molar-refractivity contribution in [3.05, 3.63) is 58.8 Å². The Morgan fingerprint density at radius 1 is 0.618 bits per heavy atom. The van der Waals surface area contributed by atoms with Crippen LogP contribution in [0.1, 0.15) is 79.7 Å². The molecule has 4 rings (SSSR count). The Morgan fingerprint density at radius 2 is 1.15 bits per heavy atom. The number of carbonyl (C=O) groups is 2. The van der Waals surface area contributed by atoms with Gasteiger partial charge in [0.2, 0.25) is 11.5 Å². The van der Waals surface area contributed by atoms with Gasteiger partial charge in [-0.25, -0.2) is 4.79 Å². The first-order valence-corrected chi connectivity index (χ1v) is 12.5. The Bertz CT molecular complexity index is 1110. The lowest BCUT2D eigenvalue weighted by Gasteiger charge is -2.24. The molecule has 34 heavy (non-hydrogen) atoms. The third kappa shape index (κ3) is 4.41. The van der Waals surface area contributed by atoms with Gasteiger partial charge >= 0.3 is 5.97 Å². The minimum atomic E-state index is -0.452. The van der Waals surface area contributed by atoms with Crippen LogP contribution in [0.5, 0.6) is 5.75 Å². The summed E-state index contributed by atoms with van der Waals surface area (Å²) in [6.45, 7) is 12.3. The van der Waals surface area contributed by atoms with Gasteiger partial charge in [0, 0.05) is 49.2 Å². The number of Topliss-reactive ketones (excluding diaryl/α,β-unsaturated/α-hetero) is 1. The topological polar surface area (TPSA) is 59.1 Å². The van der Waals surface area contributed by atoms with Crippen LogP contribution in [0.25, 0.3) is 5.76 Å². The number of ether oxygens (including phenoxy) is 2. The van der Waals surface area contributed by atoms with Crippen LogP contribution in [-0.2, 0) is 4.74 Å². The molecule has 180 valence electrons. The van der Waals surface area contributed by atoms with Crippen molar-refractivity contribution in [2.24, 2.45) is 0 Å². The van der Waals surface area contributed by atoms with Crippen LogP contribution >= 0.6 is 0 Å². The van der Waals surface area contributed by atoms with Gasteiger partial charge in [0.15, 0.2) is 5.76 Å². The molecule has 0 unspecified atom stereocenters. The van der Waals surface area contributed by atoms with Gasteiger partial charge in [-0.15, -0.1) is 0 Å². The largest absolute Gasteiger partial charge is 0.448 e. The minimum Gasteiger partial charge on any atom is -0.448 e. The predicted octanol–water partition coefficient (Wildman–Crippen LogP) is 6.05. The molecule has 2 heterocycles. The molecule has 0 fully saturated rings. The van der Waals surface area contributed by atoms with E-state index in [1.807, 2.05) is 30.3 Å². The SMILES string of the molecule is CCCN(CCC)c1ccc2c(c1)OC(=C1OC(=O)c3ccc(N(CCC)CCC)cc31)C2=O. The Kier molecular flexibility index (Phi) is 7.25. The molecule has 0 atom stereocenters. The summed E-state index contributed by atoms with van der Waals surface area (Å²) >= 11 is 0. The molecule has 0 N–H and O–H groups in total. The van der Waals surface area contributed by atoms with Gasteiger partial charge in [-0.3, -0.25) is 4.79 Å². The monoisotopic (exact) mass is 462 g/mol. The molecule has 0 radical (unpaired) electrons. The molecule has 0 bridgehead atoms. The van der Waals surface area contributed by atoms with E-state index in [9.17, 15) is 9.59 Å². The maximum atomic E-state index is 13.3. The lowest BCUT2D eigenvalue weighted by atomic mass is 10.0. The van der Waals surface area contributed by atoms with E-state index in [-0.39, 0.29) is 17.3 Å². The lowest BCUT2D eigenvalue weighted by Crippen LogP contribution is -2.24. The second-order valence-corrected chi connectivity index (χ2v) is 8.86. The Morgan fingerprint density at radius 3 is 1.71 bits per heavy atom. The summed E-state index contributed by atoms with van der Waals surface area (Å²) in [7, 11) is 0. The third-order valence-corrected chi connectivity index (χ3v) is 6.20. The summed E-state index contributed by atoms with van der Waals surface area (Å²) in [6, 6.07) is 11.4. The Hall–Kier alpha value is -3.28. The number of hydrogen-bond acceptors (Lipinski definition) is 6. The average Bonchev–Trinajstić information content (AvgIpc) is 3.34. The van der Waals surface area contributed by atoms with Crippen LogP contribution in [0.15, 0.2) is 42.2 Å². The van der Waals surface area contributed by atoms with Gasteiger partial charge < -0.3 is 19.3 Å². The van der Waals surface area contributed by atoms with Gasteiger partial charge in [-0.05, 0) is 56.0 Å². The van der Waals surface area contributed by atoms with Crippen molar-refractivity contribution in [2.45, 2.75) is 53.4 Å². The molecular weight excluding hydrogens is 428 g/mol. The average molecular weight is 463 g/mol. The molecule has 2 aliphatic heterocycles. The number of allylic oxidation sites excluding steroid dienone is 1. The number of carbonyl (C=O) groups excluding carboxylic acids is 2.